The molecule has 5 heteroatoms. The second-order valence-electron chi connectivity index (χ2n) is 5.35. The van der Waals surface area contributed by atoms with Crippen LogP contribution in [0.2, 0.25) is 0 Å². The molecule has 0 saturated heterocycles. The molecule has 1 saturated carbocycles. The van der Waals surface area contributed by atoms with E-state index >= 15 is 0 Å². The Kier molecular flexibility index (Phi) is 7.12. The maximum atomic E-state index is 5.78. The molecule has 0 unspecified atom stereocenters. The Bertz CT molecular complexity index is 424. The molecule has 0 bridgehead atoms. The van der Waals surface area contributed by atoms with Crippen molar-refractivity contribution in [1.82, 2.24) is 5.32 Å². The third kappa shape index (κ3) is 5.98. The Morgan fingerprint density at radius 2 is 1.95 bits per heavy atom. The van der Waals surface area contributed by atoms with E-state index in [1.54, 1.807) is 0 Å². The number of hydrogen-bond acceptors (Lipinski definition) is 2. The minimum atomic E-state index is 0. The third-order valence-electron chi connectivity index (χ3n) is 3.29. The summed E-state index contributed by atoms with van der Waals surface area (Å²) in [5, 5.41) is 3.19. The number of anilines is 1. The molecule has 1 aliphatic rings. The van der Waals surface area contributed by atoms with Gasteiger partial charge in [-0.05, 0) is 43.4 Å². The summed E-state index contributed by atoms with van der Waals surface area (Å²) < 4.78 is 0. The molecule has 0 aromatic heterocycles. The van der Waals surface area contributed by atoms with Crippen LogP contribution in [-0.4, -0.2) is 32.6 Å². The summed E-state index contributed by atoms with van der Waals surface area (Å²) >= 11 is 0. The second-order valence-corrected chi connectivity index (χ2v) is 5.35. The Labute approximate surface area is 138 Å². The van der Waals surface area contributed by atoms with Crippen LogP contribution in [0.25, 0.3) is 0 Å². The number of nitrogens with zero attached hydrogens (tertiary/aromatic N) is 2. The molecule has 112 valence electrons. The molecule has 20 heavy (non-hydrogen) atoms. The van der Waals surface area contributed by atoms with Crippen LogP contribution < -0.4 is 16.0 Å². The minimum Gasteiger partial charge on any atom is -0.378 e. The van der Waals surface area contributed by atoms with Gasteiger partial charge in [-0.25, -0.2) is 0 Å². The van der Waals surface area contributed by atoms with Crippen molar-refractivity contribution in [3.05, 3.63) is 29.8 Å². The van der Waals surface area contributed by atoms with Gasteiger partial charge >= 0.3 is 0 Å². The predicted octanol–water partition coefficient (Wildman–Crippen LogP) is 2.37. The molecule has 1 aliphatic carbocycles. The fourth-order valence-corrected chi connectivity index (χ4v) is 1.93. The van der Waals surface area contributed by atoms with Gasteiger partial charge in [-0.3, -0.25) is 4.99 Å². The second kappa shape index (κ2) is 8.34. The molecule has 2 rings (SSSR count). The highest BCUT2D eigenvalue weighted by molar-refractivity contribution is 14.0. The smallest absolute Gasteiger partial charge is 0.188 e. The average molecular weight is 388 g/mol. The largest absolute Gasteiger partial charge is 0.378 e. The maximum Gasteiger partial charge on any atom is 0.188 e. The maximum absolute atomic E-state index is 5.78. The van der Waals surface area contributed by atoms with Crippen molar-refractivity contribution in [2.75, 3.05) is 25.5 Å². The zero-order valence-corrected chi connectivity index (χ0v) is 14.6. The predicted molar refractivity (Wildman–Crippen MR) is 97.2 cm³/mol. The van der Waals surface area contributed by atoms with Gasteiger partial charge in [-0.1, -0.05) is 12.1 Å². The van der Waals surface area contributed by atoms with Crippen molar-refractivity contribution in [1.29, 1.82) is 0 Å². The highest BCUT2D eigenvalue weighted by Crippen LogP contribution is 2.18. The first-order chi connectivity index (χ1) is 9.15. The SMILES string of the molecule is CN(C)c1ccc(CCCN=C(N)NC2CC2)cc1.I. The van der Waals surface area contributed by atoms with Gasteiger partial charge in [-0.2, -0.15) is 0 Å². The van der Waals surface area contributed by atoms with E-state index in [9.17, 15) is 0 Å². The van der Waals surface area contributed by atoms with Crippen LogP contribution in [0.1, 0.15) is 24.8 Å². The van der Waals surface area contributed by atoms with E-state index < -0.39 is 0 Å². The van der Waals surface area contributed by atoms with Gasteiger partial charge in [0.1, 0.15) is 0 Å². The first-order valence-electron chi connectivity index (χ1n) is 6.98. The Morgan fingerprint density at radius 1 is 1.30 bits per heavy atom. The normalized spacial score (nSPS) is 14.6. The van der Waals surface area contributed by atoms with E-state index in [0.717, 1.165) is 19.4 Å². The standard InChI is InChI=1S/C15H24N4.HI/c1-19(2)14-9-5-12(6-10-14)4-3-11-17-15(16)18-13-7-8-13;/h5-6,9-10,13H,3-4,7-8,11H2,1-2H3,(H3,16,17,18);1H. The minimum absolute atomic E-state index is 0. The molecule has 1 fully saturated rings. The molecule has 3 N–H and O–H groups in total. The molecule has 1 aromatic rings. The molecule has 1 aromatic carbocycles. The topological polar surface area (TPSA) is 53.6 Å². The monoisotopic (exact) mass is 388 g/mol. The summed E-state index contributed by atoms with van der Waals surface area (Å²) in [6.45, 7) is 0.793. The van der Waals surface area contributed by atoms with Crippen LogP contribution in [0, 0.1) is 0 Å². The van der Waals surface area contributed by atoms with Crippen LogP contribution in [0.3, 0.4) is 0 Å². The third-order valence-corrected chi connectivity index (χ3v) is 3.29. The van der Waals surface area contributed by atoms with Gasteiger partial charge in [0.2, 0.25) is 0 Å². The van der Waals surface area contributed by atoms with E-state index in [4.69, 9.17) is 5.73 Å². The Balaban J connectivity index is 0.00000200. The van der Waals surface area contributed by atoms with Crippen molar-refractivity contribution < 1.29 is 0 Å². The van der Waals surface area contributed by atoms with Crippen molar-refractivity contribution >= 4 is 35.6 Å². The lowest BCUT2D eigenvalue weighted by Gasteiger charge is -2.12. The van der Waals surface area contributed by atoms with Crippen molar-refractivity contribution in [3.63, 3.8) is 0 Å². The van der Waals surface area contributed by atoms with Gasteiger partial charge in [0, 0.05) is 32.4 Å². The Morgan fingerprint density at radius 3 is 2.50 bits per heavy atom. The van der Waals surface area contributed by atoms with Crippen molar-refractivity contribution in [2.45, 2.75) is 31.7 Å². The number of hydrogen-bond donors (Lipinski definition) is 2. The molecule has 0 heterocycles. The van der Waals surface area contributed by atoms with E-state index in [-0.39, 0.29) is 24.0 Å². The number of halogens is 1. The van der Waals surface area contributed by atoms with Crippen molar-refractivity contribution in [3.8, 4) is 0 Å². The molecule has 4 nitrogen and oxygen atoms in total. The molecule has 0 radical (unpaired) electrons. The van der Waals surface area contributed by atoms with Gasteiger partial charge in [0.05, 0.1) is 0 Å². The number of benzene rings is 1. The zero-order valence-electron chi connectivity index (χ0n) is 12.3. The van der Waals surface area contributed by atoms with Crippen LogP contribution in [-0.2, 0) is 6.42 Å². The van der Waals surface area contributed by atoms with Crippen LogP contribution in [0.4, 0.5) is 5.69 Å². The van der Waals surface area contributed by atoms with Gasteiger partial charge in [0.25, 0.3) is 0 Å². The van der Waals surface area contributed by atoms with Crippen molar-refractivity contribution in [2.24, 2.45) is 10.7 Å². The molecule has 0 spiro atoms. The number of nitrogens with two attached hydrogens (primary N) is 1. The number of nitrogens with one attached hydrogen (secondary N) is 1. The van der Waals surface area contributed by atoms with E-state index in [1.165, 1.54) is 24.1 Å². The summed E-state index contributed by atoms with van der Waals surface area (Å²) in [5.74, 6) is 0.602. The van der Waals surface area contributed by atoms with Gasteiger partial charge < -0.3 is 16.0 Å². The van der Waals surface area contributed by atoms with E-state index in [0.29, 0.717) is 12.0 Å². The highest BCUT2D eigenvalue weighted by atomic mass is 127. The first-order valence-corrected chi connectivity index (χ1v) is 6.98. The van der Waals surface area contributed by atoms with Crippen LogP contribution in [0.5, 0.6) is 0 Å². The summed E-state index contributed by atoms with van der Waals surface area (Å²) in [6.07, 6.45) is 4.55. The lowest BCUT2D eigenvalue weighted by atomic mass is 10.1. The molecular weight excluding hydrogens is 363 g/mol. The molecule has 0 aliphatic heterocycles. The van der Waals surface area contributed by atoms with E-state index in [1.807, 2.05) is 0 Å². The Hall–Kier alpha value is -0.980. The molecule has 0 amide bonds. The fraction of sp³-hybridized carbons (Fsp3) is 0.533. The van der Waals surface area contributed by atoms with Crippen LogP contribution in [0.15, 0.2) is 29.3 Å². The lowest BCUT2D eigenvalue weighted by molar-refractivity contribution is 0.813. The molecular formula is C15H25IN4. The first kappa shape index (κ1) is 17.1. The fourth-order valence-electron chi connectivity index (χ4n) is 1.93. The summed E-state index contributed by atoms with van der Waals surface area (Å²) in [5.41, 5.74) is 8.37. The van der Waals surface area contributed by atoms with Crippen LogP contribution >= 0.6 is 24.0 Å². The number of aliphatic imine (C=N–C) groups is 1. The number of rotatable bonds is 6. The van der Waals surface area contributed by atoms with Gasteiger partial charge in [0.15, 0.2) is 5.96 Å². The summed E-state index contributed by atoms with van der Waals surface area (Å²) in [6, 6.07) is 9.26. The average Bonchev–Trinajstić information content (AvgIpc) is 3.19. The quantitative estimate of drug-likeness (QED) is 0.341. The molecule has 0 atom stereocenters. The number of guanidine groups is 1. The lowest BCUT2D eigenvalue weighted by Crippen LogP contribution is -2.33. The highest BCUT2D eigenvalue weighted by Gasteiger charge is 2.21. The number of aryl methyl sites for hydroxylation is 1. The summed E-state index contributed by atoms with van der Waals surface area (Å²) in [7, 11) is 4.11. The summed E-state index contributed by atoms with van der Waals surface area (Å²) in [4.78, 5) is 6.45. The van der Waals surface area contributed by atoms with E-state index in [2.05, 4.69) is 53.6 Å². The van der Waals surface area contributed by atoms with Gasteiger partial charge in [-0.15, -0.1) is 24.0 Å². The zero-order chi connectivity index (χ0) is 13.7.